The molecule has 4 nitrogen and oxygen atoms in total. The first-order chi connectivity index (χ1) is 15.5. The maximum Gasteiger partial charge on any atom is 0.242 e. The third-order valence-electron chi connectivity index (χ3n) is 6.47. The molecule has 1 aliphatic rings. The molecular weight excluding hydrogens is 416 g/mol. The lowest BCUT2D eigenvalue weighted by atomic mass is 9.95. The van der Waals surface area contributed by atoms with Crippen molar-refractivity contribution >= 4 is 23.6 Å². The Bertz CT molecular complexity index is 908. The van der Waals surface area contributed by atoms with Gasteiger partial charge in [-0.05, 0) is 55.9 Å². The summed E-state index contributed by atoms with van der Waals surface area (Å²) in [4.78, 5) is 28.1. The minimum atomic E-state index is -0.497. The highest BCUT2D eigenvalue weighted by Gasteiger charge is 2.28. The summed E-state index contributed by atoms with van der Waals surface area (Å²) in [6.45, 7) is 6.47. The number of rotatable bonds is 9. The van der Waals surface area contributed by atoms with E-state index < -0.39 is 6.04 Å². The van der Waals surface area contributed by atoms with Crippen molar-refractivity contribution in [2.75, 3.05) is 5.75 Å². The Morgan fingerprint density at radius 2 is 1.56 bits per heavy atom. The lowest BCUT2D eigenvalue weighted by Crippen LogP contribution is -2.50. The molecule has 2 aromatic rings. The first-order valence-electron chi connectivity index (χ1n) is 11.7. The average molecular weight is 453 g/mol. The SMILES string of the molecule is Cc1ccccc1CSCC(=O)N(Cc1ccccc1C)C(C)C(=O)NC1CCCCC1. The number of carbonyl (C=O) groups excluding carboxylic acids is 2. The zero-order valence-electron chi connectivity index (χ0n) is 19.6. The second kappa shape index (κ2) is 12.1. The van der Waals surface area contributed by atoms with Gasteiger partial charge in [-0.25, -0.2) is 0 Å². The van der Waals surface area contributed by atoms with E-state index in [4.69, 9.17) is 0 Å². The van der Waals surface area contributed by atoms with Crippen molar-refractivity contribution in [1.82, 2.24) is 10.2 Å². The Morgan fingerprint density at radius 3 is 2.19 bits per heavy atom. The molecule has 172 valence electrons. The van der Waals surface area contributed by atoms with Crippen molar-refractivity contribution in [1.29, 1.82) is 0 Å². The van der Waals surface area contributed by atoms with Gasteiger partial charge in [0.1, 0.15) is 6.04 Å². The predicted molar refractivity (Wildman–Crippen MR) is 134 cm³/mol. The van der Waals surface area contributed by atoms with Crippen molar-refractivity contribution in [2.24, 2.45) is 0 Å². The van der Waals surface area contributed by atoms with Crippen LogP contribution in [-0.4, -0.2) is 34.6 Å². The maximum atomic E-state index is 13.3. The normalized spacial score (nSPS) is 15.2. The van der Waals surface area contributed by atoms with Gasteiger partial charge in [-0.3, -0.25) is 9.59 Å². The molecule has 1 aliphatic carbocycles. The molecule has 1 fully saturated rings. The quantitative estimate of drug-likeness (QED) is 0.554. The van der Waals surface area contributed by atoms with E-state index in [9.17, 15) is 9.59 Å². The Kier molecular flexibility index (Phi) is 9.22. The monoisotopic (exact) mass is 452 g/mol. The molecule has 0 aromatic heterocycles. The van der Waals surface area contributed by atoms with Crippen LogP contribution < -0.4 is 5.32 Å². The number of nitrogens with one attached hydrogen (secondary N) is 1. The van der Waals surface area contributed by atoms with Crippen LogP contribution >= 0.6 is 11.8 Å². The molecule has 0 heterocycles. The van der Waals surface area contributed by atoms with E-state index in [1.165, 1.54) is 30.4 Å². The number of nitrogens with zero attached hydrogens (tertiary/aromatic N) is 1. The molecule has 5 heteroatoms. The molecule has 1 saturated carbocycles. The van der Waals surface area contributed by atoms with Crippen LogP contribution in [0.3, 0.4) is 0 Å². The number of hydrogen-bond donors (Lipinski definition) is 1. The fourth-order valence-electron chi connectivity index (χ4n) is 4.23. The molecule has 0 radical (unpaired) electrons. The topological polar surface area (TPSA) is 49.4 Å². The smallest absolute Gasteiger partial charge is 0.242 e. The second-order valence-corrected chi connectivity index (χ2v) is 9.87. The van der Waals surface area contributed by atoms with Crippen LogP contribution in [0, 0.1) is 13.8 Å². The van der Waals surface area contributed by atoms with Crippen LogP contribution in [0.25, 0.3) is 0 Å². The van der Waals surface area contributed by atoms with E-state index in [2.05, 4.69) is 37.4 Å². The minimum Gasteiger partial charge on any atom is -0.352 e. The first-order valence-corrected chi connectivity index (χ1v) is 12.9. The fourth-order valence-corrected chi connectivity index (χ4v) is 5.21. The van der Waals surface area contributed by atoms with Gasteiger partial charge in [0.25, 0.3) is 0 Å². The molecule has 1 N–H and O–H groups in total. The summed E-state index contributed by atoms with van der Waals surface area (Å²) in [5.74, 6) is 1.13. The van der Waals surface area contributed by atoms with Gasteiger partial charge in [-0.15, -0.1) is 11.8 Å². The average Bonchev–Trinajstić information content (AvgIpc) is 2.80. The number of benzene rings is 2. The fraction of sp³-hybridized carbons (Fsp3) is 0.481. The third kappa shape index (κ3) is 6.86. The number of hydrogen-bond acceptors (Lipinski definition) is 3. The highest BCUT2D eigenvalue weighted by Crippen LogP contribution is 2.20. The molecule has 2 aromatic carbocycles. The Balaban J connectivity index is 1.67. The standard InChI is InChI=1S/C27H36N2O2S/c1-20-11-7-9-13-23(20)17-29(22(3)27(31)28-25-15-5-4-6-16-25)26(30)19-32-18-24-14-10-8-12-21(24)2/h7-14,22,25H,4-6,15-19H2,1-3H3,(H,28,31). The molecule has 2 amide bonds. The van der Waals surface area contributed by atoms with E-state index in [1.807, 2.05) is 37.3 Å². The van der Waals surface area contributed by atoms with E-state index in [0.29, 0.717) is 12.3 Å². The number of thioether (sulfide) groups is 1. The van der Waals surface area contributed by atoms with E-state index in [-0.39, 0.29) is 17.9 Å². The zero-order valence-corrected chi connectivity index (χ0v) is 20.4. The molecule has 3 rings (SSSR count). The van der Waals surface area contributed by atoms with Gasteiger partial charge in [-0.1, -0.05) is 67.8 Å². The highest BCUT2D eigenvalue weighted by molar-refractivity contribution is 7.99. The van der Waals surface area contributed by atoms with Gasteiger partial charge in [0.2, 0.25) is 11.8 Å². The van der Waals surface area contributed by atoms with Gasteiger partial charge < -0.3 is 10.2 Å². The molecule has 0 spiro atoms. The predicted octanol–water partition coefficient (Wildman–Crippen LogP) is 5.40. The molecule has 1 unspecified atom stereocenters. The van der Waals surface area contributed by atoms with Gasteiger partial charge in [0.05, 0.1) is 5.75 Å². The van der Waals surface area contributed by atoms with E-state index >= 15 is 0 Å². The molecular formula is C27H36N2O2S. The van der Waals surface area contributed by atoms with Gasteiger partial charge in [-0.2, -0.15) is 0 Å². The van der Waals surface area contributed by atoms with Crippen LogP contribution in [0.4, 0.5) is 0 Å². The minimum absolute atomic E-state index is 0.0122. The van der Waals surface area contributed by atoms with Crippen molar-refractivity contribution in [3.8, 4) is 0 Å². The molecule has 0 saturated heterocycles. The summed E-state index contributed by atoms with van der Waals surface area (Å²) >= 11 is 1.61. The van der Waals surface area contributed by atoms with Crippen molar-refractivity contribution in [3.05, 3.63) is 70.8 Å². The van der Waals surface area contributed by atoms with Crippen LogP contribution in [0.1, 0.15) is 61.3 Å². The summed E-state index contributed by atoms with van der Waals surface area (Å²) < 4.78 is 0. The third-order valence-corrected chi connectivity index (χ3v) is 7.43. The van der Waals surface area contributed by atoms with Crippen molar-refractivity contribution < 1.29 is 9.59 Å². The van der Waals surface area contributed by atoms with E-state index in [1.54, 1.807) is 16.7 Å². The molecule has 1 atom stereocenters. The van der Waals surface area contributed by atoms with Crippen LogP contribution in [0.2, 0.25) is 0 Å². The van der Waals surface area contributed by atoms with Gasteiger partial charge in [0, 0.05) is 18.3 Å². The Hall–Kier alpha value is -2.27. The lowest BCUT2D eigenvalue weighted by molar-refractivity contribution is -0.139. The summed E-state index contributed by atoms with van der Waals surface area (Å²) in [6, 6.07) is 16.1. The van der Waals surface area contributed by atoms with Crippen LogP contribution in [0.5, 0.6) is 0 Å². The maximum absolute atomic E-state index is 13.3. The van der Waals surface area contributed by atoms with Crippen molar-refractivity contribution in [3.63, 3.8) is 0 Å². The Labute approximate surface area is 197 Å². The number of aryl methyl sites for hydroxylation is 2. The zero-order chi connectivity index (χ0) is 22.9. The van der Waals surface area contributed by atoms with Crippen LogP contribution in [-0.2, 0) is 21.9 Å². The summed E-state index contributed by atoms with van der Waals surface area (Å²) in [6.07, 6.45) is 5.66. The molecule has 0 bridgehead atoms. The number of carbonyl (C=O) groups is 2. The van der Waals surface area contributed by atoms with E-state index in [0.717, 1.165) is 29.7 Å². The first kappa shape index (κ1) is 24.4. The van der Waals surface area contributed by atoms with Gasteiger partial charge >= 0.3 is 0 Å². The summed E-state index contributed by atoms with van der Waals surface area (Å²) in [5, 5.41) is 3.20. The molecule has 32 heavy (non-hydrogen) atoms. The lowest BCUT2D eigenvalue weighted by Gasteiger charge is -2.31. The largest absolute Gasteiger partial charge is 0.352 e. The number of amides is 2. The molecule has 0 aliphatic heterocycles. The highest BCUT2D eigenvalue weighted by atomic mass is 32.2. The second-order valence-electron chi connectivity index (χ2n) is 8.89. The summed E-state index contributed by atoms with van der Waals surface area (Å²) in [5.41, 5.74) is 4.71. The van der Waals surface area contributed by atoms with Crippen molar-refractivity contribution in [2.45, 2.75) is 77.3 Å². The summed E-state index contributed by atoms with van der Waals surface area (Å²) in [7, 11) is 0. The van der Waals surface area contributed by atoms with Crippen LogP contribution in [0.15, 0.2) is 48.5 Å². The Morgan fingerprint density at radius 1 is 0.969 bits per heavy atom. The van der Waals surface area contributed by atoms with Gasteiger partial charge in [0.15, 0.2) is 0 Å².